The van der Waals surface area contributed by atoms with E-state index in [9.17, 15) is 9.59 Å². The third-order valence-electron chi connectivity index (χ3n) is 6.23. The summed E-state index contributed by atoms with van der Waals surface area (Å²) in [5.41, 5.74) is 1.53. The first-order chi connectivity index (χ1) is 16.8. The molecule has 0 spiro atoms. The highest BCUT2D eigenvalue weighted by Crippen LogP contribution is 2.38. The summed E-state index contributed by atoms with van der Waals surface area (Å²) in [6.07, 6.45) is 0.707. The molecule has 4 heterocycles. The van der Waals surface area contributed by atoms with E-state index < -0.39 is 5.25 Å². The van der Waals surface area contributed by atoms with Crippen molar-refractivity contribution in [3.63, 3.8) is 0 Å². The molecule has 5 rings (SSSR count). The van der Waals surface area contributed by atoms with Crippen molar-refractivity contribution >= 4 is 45.1 Å². The average Bonchev–Trinajstić information content (AvgIpc) is 3.45. The molecule has 11 heteroatoms. The molecule has 4 aromatic rings. The summed E-state index contributed by atoms with van der Waals surface area (Å²) in [6, 6.07) is 7.26. The van der Waals surface area contributed by atoms with Gasteiger partial charge >= 0.3 is 5.97 Å². The van der Waals surface area contributed by atoms with E-state index in [4.69, 9.17) is 14.2 Å². The summed E-state index contributed by atoms with van der Waals surface area (Å²) in [5.74, 6) is 1.04. The van der Waals surface area contributed by atoms with Crippen LogP contribution in [0.25, 0.3) is 21.7 Å². The Morgan fingerprint density at radius 2 is 1.94 bits per heavy atom. The Morgan fingerprint density at radius 1 is 1.20 bits per heavy atom. The highest BCUT2D eigenvalue weighted by atomic mass is 32.2. The minimum atomic E-state index is -0.493. The van der Waals surface area contributed by atoms with Crippen LogP contribution in [-0.4, -0.2) is 50.7 Å². The molecule has 0 bridgehead atoms. The quantitative estimate of drug-likeness (QED) is 0.283. The van der Waals surface area contributed by atoms with E-state index in [1.165, 1.54) is 30.2 Å². The van der Waals surface area contributed by atoms with E-state index in [0.29, 0.717) is 46.7 Å². The van der Waals surface area contributed by atoms with Gasteiger partial charge in [-0.2, -0.15) is 0 Å². The van der Waals surface area contributed by atoms with Crippen LogP contribution in [0.1, 0.15) is 31.2 Å². The standard InChI is InChI=1S/C24H26N4O5S2/c1-12(2)17-10-16-18(11-33-17)35-21-19(16)20(29)27(14-6-8-15(31-4)9-7-14)23-25-26-24(28(21)23)34-13(3)22(30)32-5/h6-9,12-13,17H,10-11H2,1-5H3/t13-,17-/m1/s1. The van der Waals surface area contributed by atoms with Crippen LogP contribution < -0.4 is 10.3 Å². The van der Waals surface area contributed by atoms with Crippen molar-refractivity contribution < 1.29 is 19.0 Å². The number of rotatable bonds is 6. The summed E-state index contributed by atoms with van der Waals surface area (Å²) in [6.45, 7) is 6.47. The van der Waals surface area contributed by atoms with Gasteiger partial charge in [0.15, 0.2) is 5.16 Å². The number of fused-ring (bicyclic) bond motifs is 5. The number of ether oxygens (including phenoxy) is 3. The fourth-order valence-corrected chi connectivity index (χ4v) is 6.45. The van der Waals surface area contributed by atoms with Gasteiger partial charge in [0.05, 0.1) is 38.0 Å². The van der Waals surface area contributed by atoms with Crippen LogP contribution in [0, 0.1) is 5.92 Å². The molecule has 184 valence electrons. The van der Waals surface area contributed by atoms with Crippen LogP contribution in [0.5, 0.6) is 5.75 Å². The fourth-order valence-electron chi connectivity index (χ4n) is 4.28. The van der Waals surface area contributed by atoms with Crippen LogP contribution in [0.4, 0.5) is 0 Å². The lowest BCUT2D eigenvalue weighted by atomic mass is 9.96. The Hall–Kier alpha value is -2.89. The number of benzene rings is 1. The van der Waals surface area contributed by atoms with Gasteiger partial charge in [-0.25, -0.2) is 8.97 Å². The Bertz CT molecular complexity index is 1470. The molecule has 0 aliphatic carbocycles. The molecule has 0 N–H and O–H groups in total. The third-order valence-corrected chi connectivity index (χ3v) is 8.44. The second-order valence-electron chi connectivity index (χ2n) is 8.72. The number of hydrogen-bond acceptors (Lipinski definition) is 9. The zero-order chi connectivity index (χ0) is 24.9. The van der Waals surface area contributed by atoms with Crippen molar-refractivity contribution in [3.8, 4) is 11.4 Å². The lowest BCUT2D eigenvalue weighted by Crippen LogP contribution is -2.28. The lowest BCUT2D eigenvalue weighted by Gasteiger charge is -2.26. The van der Waals surface area contributed by atoms with Crippen molar-refractivity contribution in [3.05, 3.63) is 45.1 Å². The number of esters is 1. The van der Waals surface area contributed by atoms with Crippen LogP contribution >= 0.6 is 23.1 Å². The van der Waals surface area contributed by atoms with E-state index in [1.54, 1.807) is 30.7 Å². The van der Waals surface area contributed by atoms with Crippen LogP contribution in [0.3, 0.4) is 0 Å². The third kappa shape index (κ3) is 4.01. The number of carbonyl (C=O) groups excluding carboxylic acids is 1. The fraction of sp³-hybridized carbons (Fsp3) is 0.417. The molecule has 0 radical (unpaired) electrons. The topological polar surface area (TPSA) is 97.0 Å². The Morgan fingerprint density at radius 3 is 2.60 bits per heavy atom. The highest BCUT2D eigenvalue weighted by molar-refractivity contribution is 8.00. The first-order valence-corrected chi connectivity index (χ1v) is 13.0. The van der Waals surface area contributed by atoms with Crippen molar-refractivity contribution in [2.75, 3.05) is 14.2 Å². The summed E-state index contributed by atoms with van der Waals surface area (Å²) < 4.78 is 19.7. The first kappa shape index (κ1) is 23.8. The predicted molar refractivity (Wildman–Crippen MR) is 135 cm³/mol. The van der Waals surface area contributed by atoms with Crippen molar-refractivity contribution in [2.24, 2.45) is 5.92 Å². The van der Waals surface area contributed by atoms with Gasteiger partial charge in [-0.05, 0) is 42.7 Å². The zero-order valence-corrected chi connectivity index (χ0v) is 21.7. The Kier molecular flexibility index (Phi) is 6.32. The molecule has 2 atom stereocenters. The van der Waals surface area contributed by atoms with Gasteiger partial charge in [-0.3, -0.25) is 9.59 Å². The number of methoxy groups -OCH3 is 2. The van der Waals surface area contributed by atoms with Gasteiger partial charge in [0.25, 0.3) is 5.56 Å². The smallest absolute Gasteiger partial charge is 0.318 e. The molecule has 9 nitrogen and oxygen atoms in total. The number of aromatic nitrogens is 4. The van der Waals surface area contributed by atoms with Gasteiger partial charge in [0.1, 0.15) is 15.8 Å². The summed E-state index contributed by atoms with van der Waals surface area (Å²) in [5, 5.41) is 9.43. The number of hydrogen-bond donors (Lipinski definition) is 0. The molecule has 0 saturated carbocycles. The van der Waals surface area contributed by atoms with Gasteiger partial charge in [-0.15, -0.1) is 21.5 Å². The molecule has 35 heavy (non-hydrogen) atoms. The van der Waals surface area contributed by atoms with Gasteiger partial charge in [0, 0.05) is 11.3 Å². The van der Waals surface area contributed by atoms with E-state index in [0.717, 1.165) is 15.3 Å². The number of thiophene rings is 1. The van der Waals surface area contributed by atoms with Crippen molar-refractivity contribution in [2.45, 2.75) is 50.3 Å². The Balaban J connectivity index is 1.80. The predicted octanol–water partition coefficient (Wildman–Crippen LogP) is 3.85. The largest absolute Gasteiger partial charge is 0.497 e. The van der Waals surface area contributed by atoms with Gasteiger partial charge < -0.3 is 14.2 Å². The monoisotopic (exact) mass is 514 g/mol. The van der Waals surface area contributed by atoms with E-state index in [2.05, 4.69) is 24.0 Å². The zero-order valence-electron chi connectivity index (χ0n) is 20.1. The van der Waals surface area contributed by atoms with Gasteiger partial charge in [-0.1, -0.05) is 25.6 Å². The summed E-state index contributed by atoms with van der Waals surface area (Å²) in [7, 11) is 2.96. The van der Waals surface area contributed by atoms with Crippen LogP contribution in [0.15, 0.2) is 34.2 Å². The Labute approximate surface area is 210 Å². The molecular weight excluding hydrogens is 488 g/mol. The van der Waals surface area contributed by atoms with Crippen LogP contribution in [-0.2, 0) is 27.3 Å². The average molecular weight is 515 g/mol. The van der Waals surface area contributed by atoms with Gasteiger partial charge in [0.2, 0.25) is 5.78 Å². The van der Waals surface area contributed by atoms with E-state index >= 15 is 0 Å². The van der Waals surface area contributed by atoms with Crippen molar-refractivity contribution in [1.29, 1.82) is 0 Å². The first-order valence-electron chi connectivity index (χ1n) is 11.3. The molecule has 0 amide bonds. The van der Waals surface area contributed by atoms with E-state index in [-0.39, 0.29) is 17.6 Å². The summed E-state index contributed by atoms with van der Waals surface area (Å²) >= 11 is 2.77. The highest BCUT2D eigenvalue weighted by Gasteiger charge is 2.30. The molecule has 1 aliphatic rings. The normalized spacial score (nSPS) is 16.6. The minimum Gasteiger partial charge on any atom is -0.497 e. The number of nitrogens with zero attached hydrogens (tertiary/aromatic N) is 4. The number of thioether (sulfide) groups is 1. The minimum absolute atomic E-state index is 0.0407. The maximum atomic E-state index is 14.0. The molecule has 1 aromatic carbocycles. The molecule has 0 fully saturated rings. The lowest BCUT2D eigenvalue weighted by molar-refractivity contribution is -0.139. The second-order valence-corrected chi connectivity index (χ2v) is 11.1. The van der Waals surface area contributed by atoms with E-state index in [1.807, 2.05) is 16.5 Å². The maximum absolute atomic E-state index is 14.0. The van der Waals surface area contributed by atoms with Crippen molar-refractivity contribution in [1.82, 2.24) is 19.2 Å². The SMILES string of the molecule is COC(=O)[C@@H](C)Sc1nnc2n(-c3ccc(OC)cc3)c(=O)c3c4c(sc3n12)CO[C@@H](C(C)C)C4. The molecule has 0 unspecified atom stereocenters. The number of carbonyl (C=O) groups is 1. The molecule has 0 saturated heterocycles. The maximum Gasteiger partial charge on any atom is 0.318 e. The second kappa shape index (κ2) is 9.29. The molecule has 3 aromatic heterocycles. The molecule has 1 aliphatic heterocycles. The summed E-state index contributed by atoms with van der Waals surface area (Å²) in [4.78, 5) is 27.9. The van der Waals surface area contributed by atoms with Crippen LogP contribution in [0.2, 0.25) is 0 Å². The molecular formula is C24H26N4O5S2.